The third-order valence-corrected chi connectivity index (χ3v) is 2.56. The van der Waals surface area contributed by atoms with Crippen LogP contribution in [0, 0.1) is 0 Å². The molecule has 0 amide bonds. The quantitative estimate of drug-likeness (QED) is 0.836. The van der Waals surface area contributed by atoms with E-state index in [0.717, 1.165) is 21.7 Å². The highest BCUT2D eigenvalue weighted by Gasteiger charge is 2.09. The fourth-order valence-corrected chi connectivity index (χ4v) is 1.72. The first-order valence-corrected chi connectivity index (χ1v) is 4.72. The van der Waals surface area contributed by atoms with Crippen molar-refractivity contribution in [3.63, 3.8) is 0 Å². The lowest BCUT2D eigenvalue weighted by Crippen LogP contribution is -1.88. The molecule has 2 rings (SSSR count). The monoisotopic (exact) mass is 254 g/mol. The number of ether oxygens (including phenoxy) is 1. The first kappa shape index (κ1) is 9.21. The van der Waals surface area contributed by atoms with Gasteiger partial charge in [0.1, 0.15) is 5.52 Å². The molecular weight excluding hydrogens is 248 g/mol. The number of nitrogens with one attached hydrogen (secondary N) is 1. The molecule has 0 aliphatic carbocycles. The minimum atomic E-state index is 0.483. The molecular formula is C9H7BrN2O2. The summed E-state index contributed by atoms with van der Waals surface area (Å²) in [5.74, 6) is 0.483. The third-order valence-electron chi connectivity index (χ3n) is 1.93. The molecule has 0 saturated heterocycles. The maximum atomic E-state index is 10.6. The fraction of sp³-hybridized carbons (Fsp3) is 0.111. The molecule has 0 bridgehead atoms. The van der Waals surface area contributed by atoms with Crippen LogP contribution in [0.1, 0.15) is 10.5 Å². The molecule has 2 aromatic rings. The lowest BCUT2D eigenvalue weighted by Gasteiger charge is -2.00. The van der Waals surface area contributed by atoms with E-state index in [1.807, 2.05) is 0 Å². The van der Waals surface area contributed by atoms with E-state index >= 15 is 0 Å². The Labute approximate surface area is 88.4 Å². The van der Waals surface area contributed by atoms with Crippen molar-refractivity contribution in [2.45, 2.75) is 0 Å². The molecule has 4 nitrogen and oxygen atoms in total. The molecule has 0 aliphatic rings. The van der Waals surface area contributed by atoms with Gasteiger partial charge in [-0.15, -0.1) is 0 Å². The molecule has 0 aromatic carbocycles. The smallest absolute Gasteiger partial charge is 0.238 e. The van der Waals surface area contributed by atoms with Crippen LogP contribution in [0.2, 0.25) is 0 Å². The molecule has 0 spiro atoms. The summed E-state index contributed by atoms with van der Waals surface area (Å²) in [4.78, 5) is 17.6. The van der Waals surface area contributed by atoms with Crippen molar-refractivity contribution in [3.8, 4) is 5.88 Å². The summed E-state index contributed by atoms with van der Waals surface area (Å²) in [5, 5.41) is 0.888. The number of rotatable bonds is 2. The highest BCUT2D eigenvalue weighted by atomic mass is 79.9. The van der Waals surface area contributed by atoms with Crippen molar-refractivity contribution in [2.24, 2.45) is 0 Å². The summed E-state index contributed by atoms with van der Waals surface area (Å²) in [6.45, 7) is 0. The van der Waals surface area contributed by atoms with Crippen LogP contribution in [0.5, 0.6) is 5.88 Å². The number of aromatic amines is 1. The summed E-state index contributed by atoms with van der Waals surface area (Å²) in [6, 6.07) is 1.75. The van der Waals surface area contributed by atoms with Gasteiger partial charge in [0.05, 0.1) is 12.8 Å². The maximum absolute atomic E-state index is 10.6. The summed E-state index contributed by atoms with van der Waals surface area (Å²) >= 11 is 3.35. The molecule has 5 heteroatoms. The van der Waals surface area contributed by atoms with Gasteiger partial charge in [-0.3, -0.25) is 4.79 Å². The number of methoxy groups -OCH3 is 1. The van der Waals surface area contributed by atoms with Gasteiger partial charge in [0.25, 0.3) is 0 Å². The van der Waals surface area contributed by atoms with E-state index in [9.17, 15) is 4.79 Å². The normalized spacial score (nSPS) is 10.4. The predicted octanol–water partition coefficient (Wildman–Crippen LogP) is 2.15. The Hall–Kier alpha value is -1.36. The van der Waals surface area contributed by atoms with Crippen molar-refractivity contribution in [3.05, 3.63) is 22.4 Å². The van der Waals surface area contributed by atoms with Crippen LogP contribution in [-0.2, 0) is 0 Å². The van der Waals surface area contributed by atoms with Gasteiger partial charge in [0, 0.05) is 16.1 Å². The second-order valence-electron chi connectivity index (χ2n) is 2.75. The highest BCUT2D eigenvalue weighted by Crippen LogP contribution is 2.29. The average Bonchev–Trinajstić information content (AvgIpc) is 2.63. The number of carbonyl (C=O) groups is 1. The van der Waals surface area contributed by atoms with Gasteiger partial charge in [0.2, 0.25) is 5.88 Å². The Balaban J connectivity index is 2.81. The first-order chi connectivity index (χ1) is 6.76. The number of hydrogen-bond donors (Lipinski definition) is 1. The minimum absolute atomic E-state index is 0.483. The topological polar surface area (TPSA) is 55.0 Å². The molecule has 14 heavy (non-hydrogen) atoms. The van der Waals surface area contributed by atoms with E-state index in [4.69, 9.17) is 4.74 Å². The zero-order valence-corrected chi connectivity index (χ0v) is 8.96. The summed E-state index contributed by atoms with van der Waals surface area (Å²) < 4.78 is 5.89. The van der Waals surface area contributed by atoms with E-state index in [1.165, 1.54) is 7.11 Å². The number of nitrogens with zero attached hydrogens (tertiary/aromatic N) is 1. The minimum Gasteiger partial charge on any atom is -0.479 e. The second kappa shape index (κ2) is 3.42. The van der Waals surface area contributed by atoms with E-state index in [0.29, 0.717) is 11.6 Å². The van der Waals surface area contributed by atoms with E-state index in [1.54, 1.807) is 12.3 Å². The highest BCUT2D eigenvalue weighted by molar-refractivity contribution is 9.10. The number of aldehydes is 1. The number of hydrogen-bond acceptors (Lipinski definition) is 3. The van der Waals surface area contributed by atoms with Gasteiger partial charge in [-0.1, -0.05) is 0 Å². The van der Waals surface area contributed by atoms with Crippen LogP contribution in [-0.4, -0.2) is 23.4 Å². The van der Waals surface area contributed by atoms with Crippen molar-refractivity contribution in [1.82, 2.24) is 9.97 Å². The number of carbonyl (C=O) groups excluding carboxylic acids is 1. The molecule has 0 atom stereocenters. The maximum Gasteiger partial charge on any atom is 0.238 e. The summed E-state index contributed by atoms with van der Waals surface area (Å²) in [7, 11) is 1.54. The molecule has 1 N–H and O–H groups in total. The average molecular weight is 255 g/mol. The van der Waals surface area contributed by atoms with Gasteiger partial charge < -0.3 is 9.72 Å². The predicted molar refractivity (Wildman–Crippen MR) is 55.7 cm³/mol. The van der Waals surface area contributed by atoms with Gasteiger partial charge in [-0.05, 0) is 22.0 Å². The zero-order valence-electron chi connectivity index (χ0n) is 7.37. The lowest BCUT2D eigenvalue weighted by molar-refractivity contribution is 0.112. The number of pyridine rings is 1. The Morgan fingerprint density at radius 3 is 3.07 bits per heavy atom. The Morgan fingerprint density at radius 1 is 1.64 bits per heavy atom. The van der Waals surface area contributed by atoms with E-state index in [-0.39, 0.29) is 0 Å². The first-order valence-electron chi connectivity index (χ1n) is 3.92. The van der Waals surface area contributed by atoms with Gasteiger partial charge in [-0.2, -0.15) is 0 Å². The molecule has 72 valence electrons. The Morgan fingerprint density at radius 2 is 2.43 bits per heavy atom. The van der Waals surface area contributed by atoms with Crippen LogP contribution in [0.3, 0.4) is 0 Å². The Kier molecular flexibility index (Phi) is 2.25. The van der Waals surface area contributed by atoms with Crippen molar-refractivity contribution in [2.75, 3.05) is 7.11 Å². The second-order valence-corrected chi connectivity index (χ2v) is 3.60. The van der Waals surface area contributed by atoms with Crippen molar-refractivity contribution >= 4 is 33.1 Å². The molecule has 0 saturated carbocycles. The van der Waals surface area contributed by atoms with Crippen molar-refractivity contribution < 1.29 is 9.53 Å². The summed E-state index contributed by atoms with van der Waals surface area (Å²) in [5.41, 5.74) is 1.23. The fourth-order valence-electron chi connectivity index (χ4n) is 1.30. The van der Waals surface area contributed by atoms with E-state index < -0.39 is 0 Å². The van der Waals surface area contributed by atoms with Crippen LogP contribution >= 0.6 is 15.9 Å². The zero-order chi connectivity index (χ0) is 10.1. The number of aromatic nitrogens is 2. The van der Waals surface area contributed by atoms with E-state index in [2.05, 4.69) is 25.9 Å². The molecule has 0 fully saturated rings. The van der Waals surface area contributed by atoms with Crippen LogP contribution in [0.15, 0.2) is 16.7 Å². The lowest BCUT2D eigenvalue weighted by atomic mass is 10.3. The molecule has 2 heterocycles. The van der Waals surface area contributed by atoms with Gasteiger partial charge >= 0.3 is 0 Å². The molecule has 0 aliphatic heterocycles. The molecule has 0 unspecified atom stereocenters. The number of fused-ring (bicyclic) bond motifs is 1. The van der Waals surface area contributed by atoms with Gasteiger partial charge in [-0.25, -0.2) is 4.98 Å². The summed E-state index contributed by atoms with van der Waals surface area (Å²) in [6.07, 6.45) is 2.40. The van der Waals surface area contributed by atoms with Crippen LogP contribution in [0.25, 0.3) is 10.9 Å². The SMILES string of the molecule is COc1ncc(Br)c2cc(C=O)[nH]c12. The van der Waals surface area contributed by atoms with Crippen LogP contribution < -0.4 is 4.74 Å². The number of H-pyrrole nitrogens is 1. The number of halogens is 1. The third kappa shape index (κ3) is 1.29. The van der Waals surface area contributed by atoms with Crippen LogP contribution in [0.4, 0.5) is 0 Å². The largest absolute Gasteiger partial charge is 0.479 e. The Bertz CT molecular complexity index is 493. The van der Waals surface area contributed by atoms with Crippen molar-refractivity contribution in [1.29, 1.82) is 0 Å². The van der Waals surface area contributed by atoms with Gasteiger partial charge in [0.15, 0.2) is 6.29 Å². The molecule has 0 radical (unpaired) electrons. The standard InChI is InChI=1S/C9H7BrN2O2/c1-14-9-8-6(7(10)3-11-9)2-5(4-13)12-8/h2-4,12H,1H3. The molecule has 2 aromatic heterocycles.